The van der Waals surface area contributed by atoms with Crippen molar-refractivity contribution in [2.24, 2.45) is 0 Å². The molecule has 0 spiro atoms. The first-order chi connectivity index (χ1) is 16.5. The maximum atomic E-state index is 13.6. The molecule has 3 aromatic rings. The second kappa shape index (κ2) is 13.6. The topological polar surface area (TPSA) is 49.4 Å². The summed E-state index contributed by atoms with van der Waals surface area (Å²) in [6, 6.07) is 24.5. The van der Waals surface area contributed by atoms with Crippen LogP contribution in [0.3, 0.4) is 0 Å². The summed E-state index contributed by atoms with van der Waals surface area (Å²) in [4.78, 5) is 29.5. The molecule has 0 aromatic heterocycles. The van der Waals surface area contributed by atoms with E-state index >= 15 is 0 Å². The largest absolute Gasteiger partial charge is 0.354 e. The van der Waals surface area contributed by atoms with E-state index in [1.807, 2.05) is 85.8 Å². The Morgan fingerprint density at radius 2 is 1.71 bits per heavy atom. The second-order valence-electron chi connectivity index (χ2n) is 7.89. The number of halogens is 2. The number of nitrogens with one attached hydrogen (secondary N) is 1. The van der Waals surface area contributed by atoms with E-state index in [0.717, 1.165) is 26.9 Å². The Bertz CT molecular complexity index is 1080. The van der Waals surface area contributed by atoms with Gasteiger partial charge in [-0.05, 0) is 53.9 Å². The number of thioether (sulfide) groups is 1. The summed E-state index contributed by atoms with van der Waals surface area (Å²) in [5.41, 5.74) is 1.97. The molecular formula is C27H28BrClN2O2S. The van der Waals surface area contributed by atoms with E-state index in [1.54, 1.807) is 4.90 Å². The smallest absolute Gasteiger partial charge is 0.243 e. The summed E-state index contributed by atoms with van der Waals surface area (Å²) in [6.07, 6.45) is 1.28. The van der Waals surface area contributed by atoms with Crippen LogP contribution in [0.5, 0.6) is 0 Å². The maximum absolute atomic E-state index is 13.6. The lowest BCUT2D eigenvalue weighted by Gasteiger charge is -2.31. The Morgan fingerprint density at radius 1 is 1.00 bits per heavy atom. The fraction of sp³-hybridized carbons (Fsp3) is 0.259. The Kier molecular flexibility index (Phi) is 10.5. The fourth-order valence-corrected chi connectivity index (χ4v) is 4.87. The molecule has 4 nitrogen and oxygen atoms in total. The summed E-state index contributed by atoms with van der Waals surface area (Å²) in [5.74, 6) is 0.000160. The van der Waals surface area contributed by atoms with Gasteiger partial charge in [0.15, 0.2) is 0 Å². The zero-order chi connectivity index (χ0) is 24.3. The molecule has 0 aliphatic carbocycles. The number of carbonyl (C=O) groups excluding carboxylic acids is 2. The van der Waals surface area contributed by atoms with Crippen LogP contribution in [-0.4, -0.2) is 35.1 Å². The summed E-state index contributed by atoms with van der Waals surface area (Å²) in [7, 11) is 0. The third-order valence-corrected chi connectivity index (χ3v) is 6.98. The molecule has 0 saturated heterocycles. The molecule has 0 aliphatic heterocycles. The first-order valence-corrected chi connectivity index (χ1v) is 13.4. The predicted molar refractivity (Wildman–Crippen MR) is 144 cm³/mol. The average Bonchev–Trinajstić information content (AvgIpc) is 2.85. The molecule has 0 heterocycles. The predicted octanol–water partition coefficient (Wildman–Crippen LogP) is 6.36. The SMILES string of the molecule is CCCNC(=O)[C@@H](Cc1ccccc1)N(Cc1cccc(Br)c1)C(=O)CSc1ccc(Cl)cc1. The van der Waals surface area contributed by atoms with Crippen molar-refractivity contribution in [1.29, 1.82) is 0 Å². The summed E-state index contributed by atoms with van der Waals surface area (Å²) < 4.78 is 0.933. The van der Waals surface area contributed by atoms with Crippen molar-refractivity contribution in [3.8, 4) is 0 Å². The summed E-state index contributed by atoms with van der Waals surface area (Å²) in [5, 5.41) is 3.66. The highest BCUT2D eigenvalue weighted by Crippen LogP contribution is 2.23. The lowest BCUT2D eigenvalue weighted by molar-refractivity contribution is -0.139. The van der Waals surface area contributed by atoms with E-state index in [9.17, 15) is 9.59 Å². The average molecular weight is 560 g/mol. The van der Waals surface area contributed by atoms with E-state index in [1.165, 1.54) is 11.8 Å². The normalized spacial score (nSPS) is 11.6. The Morgan fingerprint density at radius 3 is 2.38 bits per heavy atom. The van der Waals surface area contributed by atoms with Crippen molar-refractivity contribution >= 4 is 51.1 Å². The molecule has 1 N–H and O–H groups in total. The summed E-state index contributed by atoms with van der Waals surface area (Å²) in [6.45, 7) is 2.93. The number of rotatable bonds is 11. The van der Waals surface area contributed by atoms with Crippen molar-refractivity contribution in [2.75, 3.05) is 12.3 Å². The van der Waals surface area contributed by atoms with Crippen molar-refractivity contribution in [3.05, 3.63) is 99.5 Å². The van der Waals surface area contributed by atoms with Crippen molar-refractivity contribution in [1.82, 2.24) is 10.2 Å². The van der Waals surface area contributed by atoms with Gasteiger partial charge >= 0.3 is 0 Å². The van der Waals surface area contributed by atoms with Gasteiger partial charge in [0, 0.05) is 33.9 Å². The van der Waals surface area contributed by atoms with Gasteiger partial charge in [-0.2, -0.15) is 0 Å². The molecule has 178 valence electrons. The van der Waals surface area contributed by atoms with E-state index in [0.29, 0.717) is 24.5 Å². The van der Waals surface area contributed by atoms with Crippen LogP contribution in [0.4, 0.5) is 0 Å². The molecule has 0 aliphatic rings. The molecule has 2 amide bonds. The van der Waals surface area contributed by atoms with Crippen molar-refractivity contribution in [3.63, 3.8) is 0 Å². The fourth-order valence-electron chi connectivity index (χ4n) is 3.51. The number of amides is 2. The molecular weight excluding hydrogens is 532 g/mol. The second-order valence-corrected chi connectivity index (χ2v) is 10.3. The van der Waals surface area contributed by atoms with Gasteiger partial charge in [0.2, 0.25) is 11.8 Å². The minimum absolute atomic E-state index is 0.0903. The van der Waals surface area contributed by atoms with Gasteiger partial charge < -0.3 is 10.2 Å². The van der Waals surface area contributed by atoms with E-state index in [2.05, 4.69) is 21.2 Å². The van der Waals surface area contributed by atoms with Crippen LogP contribution in [0.15, 0.2) is 88.2 Å². The Hall–Kier alpha value is -2.28. The van der Waals surface area contributed by atoms with Gasteiger partial charge in [0.1, 0.15) is 6.04 Å². The highest BCUT2D eigenvalue weighted by Gasteiger charge is 2.30. The first-order valence-electron chi connectivity index (χ1n) is 11.2. The number of hydrogen-bond acceptors (Lipinski definition) is 3. The van der Waals surface area contributed by atoms with Gasteiger partial charge in [-0.1, -0.05) is 76.9 Å². The first kappa shape index (κ1) is 26.3. The number of hydrogen-bond donors (Lipinski definition) is 1. The Balaban J connectivity index is 1.88. The molecule has 0 unspecified atom stereocenters. The molecule has 0 bridgehead atoms. The molecule has 7 heteroatoms. The monoisotopic (exact) mass is 558 g/mol. The van der Waals surface area contributed by atoms with E-state index < -0.39 is 6.04 Å². The van der Waals surface area contributed by atoms with Gasteiger partial charge in [-0.15, -0.1) is 11.8 Å². The van der Waals surface area contributed by atoms with E-state index in [4.69, 9.17) is 11.6 Å². The minimum atomic E-state index is -0.619. The molecule has 3 aromatic carbocycles. The van der Waals surface area contributed by atoms with Crippen LogP contribution in [0.1, 0.15) is 24.5 Å². The third kappa shape index (κ3) is 8.19. The number of nitrogens with zero attached hydrogens (tertiary/aromatic N) is 1. The van der Waals surface area contributed by atoms with Crippen LogP contribution < -0.4 is 5.32 Å². The zero-order valence-corrected chi connectivity index (χ0v) is 22.2. The lowest BCUT2D eigenvalue weighted by Crippen LogP contribution is -2.51. The highest BCUT2D eigenvalue weighted by molar-refractivity contribution is 9.10. The minimum Gasteiger partial charge on any atom is -0.354 e. The number of benzene rings is 3. The summed E-state index contributed by atoms with van der Waals surface area (Å²) >= 11 is 10.9. The Labute approximate surface area is 219 Å². The van der Waals surface area contributed by atoms with Crippen LogP contribution in [-0.2, 0) is 22.6 Å². The standard InChI is InChI=1S/C27H28BrClN2O2S/c1-2-15-30-27(33)25(17-20-7-4-3-5-8-20)31(18-21-9-6-10-22(28)16-21)26(32)19-34-24-13-11-23(29)12-14-24/h3-14,16,25H,2,15,17-19H2,1H3,(H,30,33)/t25-/m1/s1. The van der Waals surface area contributed by atoms with Crippen LogP contribution in [0.2, 0.25) is 5.02 Å². The molecule has 0 fully saturated rings. The van der Waals surface area contributed by atoms with Gasteiger partial charge in [0.05, 0.1) is 5.75 Å². The van der Waals surface area contributed by atoms with Crippen LogP contribution in [0, 0.1) is 0 Å². The number of carbonyl (C=O) groups is 2. The van der Waals surface area contributed by atoms with E-state index in [-0.39, 0.29) is 17.6 Å². The van der Waals surface area contributed by atoms with Crippen LogP contribution >= 0.6 is 39.3 Å². The molecule has 1 atom stereocenters. The van der Waals surface area contributed by atoms with Crippen molar-refractivity contribution in [2.45, 2.75) is 37.2 Å². The quantitative estimate of drug-likeness (QED) is 0.278. The maximum Gasteiger partial charge on any atom is 0.243 e. The highest BCUT2D eigenvalue weighted by atomic mass is 79.9. The zero-order valence-electron chi connectivity index (χ0n) is 19.0. The molecule has 0 saturated carbocycles. The lowest BCUT2D eigenvalue weighted by atomic mass is 10.0. The molecule has 3 rings (SSSR count). The third-order valence-electron chi connectivity index (χ3n) is 5.24. The van der Waals surface area contributed by atoms with Crippen molar-refractivity contribution < 1.29 is 9.59 Å². The van der Waals surface area contributed by atoms with Gasteiger partial charge in [-0.25, -0.2) is 0 Å². The molecule has 0 radical (unpaired) electrons. The molecule has 34 heavy (non-hydrogen) atoms. The van der Waals surface area contributed by atoms with Gasteiger partial charge in [0.25, 0.3) is 0 Å². The van der Waals surface area contributed by atoms with Crippen LogP contribution in [0.25, 0.3) is 0 Å². The van der Waals surface area contributed by atoms with Gasteiger partial charge in [-0.3, -0.25) is 9.59 Å².